The summed E-state index contributed by atoms with van der Waals surface area (Å²) in [4.78, 5) is 16.1. The molecule has 0 saturated carbocycles. The van der Waals surface area contributed by atoms with Gasteiger partial charge in [0.1, 0.15) is 5.75 Å². The Kier molecular flexibility index (Phi) is 7.07. The molecular formula is C26H31F2N4O3+. The summed E-state index contributed by atoms with van der Waals surface area (Å²) >= 11 is 0. The van der Waals surface area contributed by atoms with Crippen molar-refractivity contribution in [1.82, 2.24) is 10.3 Å². The van der Waals surface area contributed by atoms with Gasteiger partial charge in [-0.1, -0.05) is 19.1 Å². The van der Waals surface area contributed by atoms with E-state index in [1.165, 1.54) is 31.2 Å². The van der Waals surface area contributed by atoms with Crippen LogP contribution in [0.15, 0.2) is 42.5 Å². The standard InChI is InChI=1S/C26H30F2N4O3/c1-4-26(27,28)19-6-5-7-20(15-19)31-25(33)23-16(2)30-24(32(23)34)18-8-9-22(35-3)21(14-18)17-10-12-29-13-11-17/h5-9,14-15,17,29,34H,4,10-13H2,1-3H3,(H,31,33)/p+1. The average Bonchev–Trinajstić information content (AvgIpc) is 3.18. The van der Waals surface area contributed by atoms with Gasteiger partial charge in [-0.05, 0) is 72.5 Å². The smallest absolute Gasteiger partial charge is 0.327 e. The van der Waals surface area contributed by atoms with Crippen LogP contribution >= 0.6 is 0 Å². The van der Waals surface area contributed by atoms with Crippen LogP contribution in [-0.4, -0.2) is 36.3 Å². The van der Waals surface area contributed by atoms with Crippen molar-refractivity contribution < 1.29 is 28.2 Å². The van der Waals surface area contributed by atoms with Gasteiger partial charge in [0, 0.05) is 24.6 Å². The Balaban J connectivity index is 1.64. The molecule has 4 rings (SSSR count). The molecule has 1 amide bonds. The number of halogens is 2. The van der Waals surface area contributed by atoms with Gasteiger partial charge in [0.2, 0.25) is 0 Å². The van der Waals surface area contributed by atoms with E-state index in [1.54, 1.807) is 14.0 Å². The minimum Gasteiger partial charge on any atom is -0.496 e. The third kappa shape index (κ3) is 5.00. The molecule has 0 bridgehead atoms. The van der Waals surface area contributed by atoms with Crippen molar-refractivity contribution in [2.75, 3.05) is 25.5 Å². The molecule has 1 aliphatic heterocycles. The fourth-order valence-electron chi connectivity index (χ4n) is 4.57. The van der Waals surface area contributed by atoms with Gasteiger partial charge < -0.3 is 20.6 Å². The molecule has 4 N–H and O–H groups in total. The van der Waals surface area contributed by atoms with E-state index in [2.05, 4.69) is 15.6 Å². The predicted octanol–water partition coefficient (Wildman–Crippen LogP) is 4.74. The second-order valence-corrected chi connectivity index (χ2v) is 8.83. The van der Waals surface area contributed by atoms with Crippen LogP contribution in [0.4, 0.5) is 14.5 Å². The van der Waals surface area contributed by atoms with Crippen molar-refractivity contribution in [1.29, 1.82) is 0 Å². The van der Waals surface area contributed by atoms with E-state index in [0.717, 1.165) is 42.0 Å². The summed E-state index contributed by atoms with van der Waals surface area (Å²) in [5, 5.41) is 16.9. The summed E-state index contributed by atoms with van der Waals surface area (Å²) in [5.41, 5.74) is 2.23. The van der Waals surface area contributed by atoms with Crippen LogP contribution in [0.1, 0.15) is 59.4 Å². The quantitative estimate of drug-likeness (QED) is 0.287. The summed E-state index contributed by atoms with van der Waals surface area (Å²) in [6.07, 6.45) is 1.61. The fraction of sp³-hybridized carbons (Fsp3) is 0.385. The maximum absolute atomic E-state index is 14.1. The largest absolute Gasteiger partial charge is 0.496 e. The van der Waals surface area contributed by atoms with Crippen LogP contribution in [0.2, 0.25) is 0 Å². The number of rotatable bonds is 7. The molecule has 0 spiro atoms. The Bertz CT molecular complexity index is 1220. The summed E-state index contributed by atoms with van der Waals surface area (Å²) in [7, 11) is 1.64. The lowest BCUT2D eigenvalue weighted by molar-refractivity contribution is -0.896. The maximum Gasteiger partial charge on any atom is 0.327 e. The highest BCUT2D eigenvalue weighted by molar-refractivity contribution is 6.02. The van der Waals surface area contributed by atoms with Crippen molar-refractivity contribution in [2.24, 2.45) is 0 Å². The summed E-state index contributed by atoms with van der Waals surface area (Å²) in [6.45, 7) is 4.93. The van der Waals surface area contributed by atoms with Gasteiger partial charge in [0.05, 0.1) is 12.7 Å². The zero-order chi connectivity index (χ0) is 25.2. The topological polar surface area (TPSA) is 90.3 Å². The van der Waals surface area contributed by atoms with Crippen molar-refractivity contribution in [3.8, 4) is 17.1 Å². The van der Waals surface area contributed by atoms with Gasteiger partial charge in [-0.2, -0.15) is 0 Å². The summed E-state index contributed by atoms with van der Waals surface area (Å²) < 4.78 is 34.6. The highest BCUT2D eigenvalue weighted by Crippen LogP contribution is 2.35. The van der Waals surface area contributed by atoms with E-state index in [-0.39, 0.29) is 23.4 Å². The van der Waals surface area contributed by atoms with Crippen LogP contribution in [0.3, 0.4) is 0 Å². The number of carbonyl (C=O) groups is 1. The first kappa shape index (κ1) is 24.7. The number of amides is 1. The number of benzene rings is 2. The lowest BCUT2D eigenvalue weighted by Crippen LogP contribution is -2.39. The number of nitrogens with zero attached hydrogens (tertiary/aromatic N) is 1. The molecule has 186 valence electrons. The lowest BCUT2D eigenvalue weighted by Gasteiger charge is -2.24. The fourth-order valence-corrected chi connectivity index (χ4v) is 4.57. The SMILES string of the molecule is CCC(F)(F)c1cccc(NC(=O)c2c(C)[nH]c(-c3ccc(OC)c(C4CCNCC4)c3)[n+]2O)c1. The lowest BCUT2D eigenvalue weighted by atomic mass is 9.88. The van der Waals surface area contributed by atoms with Gasteiger partial charge in [0.15, 0.2) is 5.69 Å². The first-order chi connectivity index (χ1) is 16.7. The Hall–Kier alpha value is -3.46. The number of piperidine rings is 1. The van der Waals surface area contributed by atoms with Gasteiger partial charge in [-0.15, -0.1) is 0 Å². The average molecular weight is 486 g/mol. The molecule has 3 aromatic rings. The molecule has 2 aromatic carbocycles. The first-order valence-electron chi connectivity index (χ1n) is 11.8. The molecule has 2 heterocycles. The second-order valence-electron chi connectivity index (χ2n) is 8.83. The van der Waals surface area contributed by atoms with E-state index in [1.807, 2.05) is 18.2 Å². The Morgan fingerprint density at radius 1 is 1.23 bits per heavy atom. The highest BCUT2D eigenvalue weighted by Gasteiger charge is 2.32. The molecule has 1 fully saturated rings. The molecule has 0 unspecified atom stereocenters. The number of H-pyrrole nitrogens is 1. The second kappa shape index (κ2) is 10.0. The molecule has 9 heteroatoms. The number of nitrogens with one attached hydrogen (secondary N) is 3. The van der Waals surface area contributed by atoms with Crippen molar-refractivity contribution in [3.05, 3.63) is 65.0 Å². The number of carbonyl (C=O) groups excluding carboxylic acids is 1. The molecule has 0 aliphatic carbocycles. The molecule has 7 nitrogen and oxygen atoms in total. The van der Waals surface area contributed by atoms with Crippen LogP contribution in [0, 0.1) is 6.92 Å². The third-order valence-electron chi connectivity index (χ3n) is 6.57. The van der Waals surface area contributed by atoms with E-state index < -0.39 is 11.8 Å². The molecule has 0 radical (unpaired) electrons. The van der Waals surface area contributed by atoms with Crippen LogP contribution < -0.4 is 20.1 Å². The van der Waals surface area contributed by atoms with Gasteiger partial charge in [-0.25, -0.2) is 13.8 Å². The van der Waals surface area contributed by atoms with Gasteiger partial charge in [0.25, 0.3) is 11.6 Å². The monoisotopic (exact) mass is 485 g/mol. The van der Waals surface area contributed by atoms with Crippen LogP contribution in [0.5, 0.6) is 5.75 Å². The highest BCUT2D eigenvalue weighted by atomic mass is 19.3. The molecule has 35 heavy (non-hydrogen) atoms. The molecule has 1 aliphatic rings. The number of aromatic nitrogens is 2. The van der Waals surface area contributed by atoms with Crippen molar-refractivity contribution in [3.63, 3.8) is 0 Å². The predicted molar refractivity (Wildman–Crippen MR) is 128 cm³/mol. The van der Waals surface area contributed by atoms with Crippen LogP contribution in [-0.2, 0) is 5.92 Å². The molecular weight excluding hydrogens is 454 g/mol. The minimum atomic E-state index is -2.99. The zero-order valence-corrected chi connectivity index (χ0v) is 20.1. The number of ether oxygens (including phenoxy) is 1. The number of aryl methyl sites for hydroxylation is 1. The zero-order valence-electron chi connectivity index (χ0n) is 20.1. The van der Waals surface area contributed by atoms with Crippen molar-refractivity contribution >= 4 is 11.6 Å². The number of imidazole rings is 1. The number of hydrogen-bond donors (Lipinski definition) is 4. The Morgan fingerprint density at radius 3 is 2.66 bits per heavy atom. The maximum atomic E-state index is 14.1. The molecule has 1 aromatic heterocycles. The van der Waals surface area contributed by atoms with E-state index in [9.17, 15) is 18.8 Å². The van der Waals surface area contributed by atoms with Gasteiger partial charge >= 0.3 is 11.7 Å². The summed E-state index contributed by atoms with van der Waals surface area (Å²) in [6, 6.07) is 11.2. The minimum absolute atomic E-state index is 0.00751. The number of anilines is 1. The molecule has 0 atom stereocenters. The van der Waals surface area contributed by atoms with E-state index >= 15 is 0 Å². The van der Waals surface area contributed by atoms with Crippen molar-refractivity contribution in [2.45, 2.75) is 45.0 Å². The number of methoxy groups -OCH3 is 1. The normalized spacial score (nSPS) is 14.7. The third-order valence-corrected chi connectivity index (χ3v) is 6.57. The number of alkyl halides is 2. The first-order valence-corrected chi connectivity index (χ1v) is 11.8. The molecule has 1 saturated heterocycles. The van der Waals surface area contributed by atoms with Gasteiger partial charge in [-0.3, -0.25) is 4.79 Å². The summed E-state index contributed by atoms with van der Waals surface area (Å²) in [5.74, 6) is -2.15. The van der Waals surface area contributed by atoms with Crippen LogP contribution in [0.25, 0.3) is 11.4 Å². The van der Waals surface area contributed by atoms with E-state index in [4.69, 9.17) is 4.74 Å². The Labute approximate surface area is 203 Å². The number of aromatic amines is 1. The van der Waals surface area contributed by atoms with E-state index in [0.29, 0.717) is 23.0 Å². The number of hydrogen-bond acceptors (Lipinski definition) is 4. The Morgan fingerprint density at radius 2 is 1.97 bits per heavy atom.